The Morgan fingerprint density at radius 2 is 2.12 bits per heavy atom. The van der Waals surface area contributed by atoms with Gasteiger partial charge in [-0.1, -0.05) is 6.92 Å². The van der Waals surface area contributed by atoms with Crippen LogP contribution < -0.4 is 0 Å². The van der Waals surface area contributed by atoms with Gasteiger partial charge in [0.05, 0.1) is 30.2 Å². The summed E-state index contributed by atoms with van der Waals surface area (Å²) in [6.45, 7) is 5.38. The van der Waals surface area contributed by atoms with Gasteiger partial charge in [-0.25, -0.2) is 4.98 Å². The fourth-order valence-corrected chi connectivity index (χ4v) is 4.62. The zero-order valence-electron chi connectivity index (χ0n) is 14.7. The van der Waals surface area contributed by atoms with Crippen molar-refractivity contribution in [2.24, 2.45) is 5.92 Å². The van der Waals surface area contributed by atoms with Crippen LogP contribution in [0.3, 0.4) is 0 Å². The Hall–Kier alpha value is -1.66. The molecule has 1 amide bonds. The number of hydrogen-bond donors (Lipinski definition) is 0. The molecular weight excluding hydrogens is 334 g/mol. The molecule has 0 aliphatic carbocycles. The molecule has 3 aliphatic rings. The molecule has 6 heteroatoms. The normalized spacial score (nSPS) is 24.0. The number of amides is 1. The smallest absolute Gasteiger partial charge is 0.227 e. The first-order chi connectivity index (χ1) is 12.2. The molecule has 25 heavy (non-hydrogen) atoms. The summed E-state index contributed by atoms with van der Waals surface area (Å²) in [6, 6.07) is 4.47. The molecule has 2 bridgehead atoms. The lowest BCUT2D eigenvalue weighted by Crippen LogP contribution is -2.47. The van der Waals surface area contributed by atoms with Crippen molar-refractivity contribution in [2.75, 3.05) is 13.1 Å². The highest BCUT2D eigenvalue weighted by atomic mass is 32.1. The van der Waals surface area contributed by atoms with Crippen molar-refractivity contribution in [1.29, 1.82) is 0 Å². The van der Waals surface area contributed by atoms with Crippen LogP contribution in [0.5, 0.6) is 0 Å². The minimum absolute atomic E-state index is 0.113. The summed E-state index contributed by atoms with van der Waals surface area (Å²) in [5, 5.41) is 2.04. The van der Waals surface area contributed by atoms with Crippen molar-refractivity contribution in [3.05, 3.63) is 40.2 Å². The maximum atomic E-state index is 12.9. The maximum absolute atomic E-state index is 12.9. The molecule has 3 saturated heterocycles. The van der Waals surface area contributed by atoms with E-state index in [2.05, 4.69) is 33.8 Å². The van der Waals surface area contributed by atoms with E-state index in [4.69, 9.17) is 4.42 Å². The van der Waals surface area contributed by atoms with Crippen LogP contribution in [0.15, 0.2) is 27.4 Å². The van der Waals surface area contributed by atoms with E-state index >= 15 is 0 Å². The Balaban J connectivity index is 1.45. The van der Waals surface area contributed by atoms with Crippen molar-refractivity contribution < 1.29 is 9.21 Å². The van der Waals surface area contributed by atoms with E-state index in [1.54, 1.807) is 11.3 Å². The number of piperidine rings is 1. The Kier molecular flexibility index (Phi) is 4.90. The molecular formula is C19H25N3O2S. The lowest BCUT2D eigenvalue weighted by Gasteiger charge is -2.35. The third kappa shape index (κ3) is 3.65. The zero-order valence-corrected chi connectivity index (χ0v) is 15.5. The summed E-state index contributed by atoms with van der Waals surface area (Å²) in [5.41, 5.74) is 2.85. The summed E-state index contributed by atoms with van der Waals surface area (Å²) in [6.07, 6.45) is 4.19. The molecule has 134 valence electrons. The van der Waals surface area contributed by atoms with Crippen molar-refractivity contribution in [2.45, 2.75) is 51.7 Å². The van der Waals surface area contributed by atoms with Crippen LogP contribution in [-0.4, -0.2) is 39.8 Å². The van der Waals surface area contributed by atoms with Gasteiger partial charge in [-0.15, -0.1) is 11.3 Å². The molecule has 0 aromatic carbocycles. The molecule has 2 aromatic heterocycles. The number of hydrogen-bond acceptors (Lipinski definition) is 5. The van der Waals surface area contributed by atoms with Gasteiger partial charge >= 0.3 is 0 Å². The molecule has 5 rings (SSSR count). The van der Waals surface area contributed by atoms with Crippen molar-refractivity contribution in [3.8, 4) is 0 Å². The number of thiazole rings is 1. The Morgan fingerprint density at radius 1 is 1.24 bits per heavy atom. The van der Waals surface area contributed by atoms with Gasteiger partial charge in [0, 0.05) is 30.9 Å². The van der Waals surface area contributed by atoms with E-state index in [0.29, 0.717) is 12.5 Å². The van der Waals surface area contributed by atoms with Gasteiger partial charge in [0.1, 0.15) is 11.5 Å². The van der Waals surface area contributed by atoms with Gasteiger partial charge in [0.15, 0.2) is 0 Å². The first-order valence-corrected chi connectivity index (χ1v) is 10.1. The number of fused-ring (bicyclic) bond motifs is 4. The Bertz CT molecular complexity index is 712. The second kappa shape index (κ2) is 7.30. The number of aryl methyl sites for hydroxylation is 1. The topological polar surface area (TPSA) is 49.6 Å². The second-order valence-corrected chi connectivity index (χ2v) is 7.90. The number of aromatic nitrogens is 1. The molecule has 2 aromatic rings. The monoisotopic (exact) mass is 359 g/mol. The highest BCUT2D eigenvalue weighted by molar-refractivity contribution is 7.07. The standard InChI is InChI=1S/C19H25N3O2S/c1-2-3-17-6-7-18(24-17)11-21-8-14-4-5-16(10-21)22(19(14)23)9-15-12-25-13-20-15/h6-7,12-14,16H,2-5,8-11H2,1H3/t14-,16+/m1/s1. The highest BCUT2D eigenvalue weighted by Gasteiger charge is 2.40. The molecule has 3 fully saturated rings. The molecule has 3 aliphatic heterocycles. The van der Waals surface area contributed by atoms with Gasteiger partial charge < -0.3 is 9.32 Å². The van der Waals surface area contributed by atoms with E-state index in [9.17, 15) is 4.79 Å². The molecule has 5 heterocycles. The largest absolute Gasteiger partial charge is 0.465 e. The van der Waals surface area contributed by atoms with E-state index < -0.39 is 0 Å². The zero-order chi connectivity index (χ0) is 17.2. The molecule has 0 radical (unpaired) electrons. The first kappa shape index (κ1) is 16.8. The Labute approximate surface area is 152 Å². The molecule has 0 saturated carbocycles. The van der Waals surface area contributed by atoms with Crippen LogP contribution >= 0.6 is 11.3 Å². The van der Waals surface area contributed by atoms with Crippen LogP contribution in [0.2, 0.25) is 0 Å². The molecule has 0 unspecified atom stereocenters. The summed E-state index contributed by atoms with van der Waals surface area (Å²) in [4.78, 5) is 21.7. The van der Waals surface area contributed by atoms with Crippen LogP contribution in [-0.2, 0) is 24.3 Å². The fraction of sp³-hybridized carbons (Fsp3) is 0.579. The van der Waals surface area contributed by atoms with Gasteiger partial charge in [0.2, 0.25) is 5.91 Å². The first-order valence-electron chi connectivity index (χ1n) is 9.20. The quantitative estimate of drug-likeness (QED) is 0.794. The molecule has 0 N–H and O–H groups in total. The van der Waals surface area contributed by atoms with Crippen molar-refractivity contribution in [3.63, 3.8) is 0 Å². The average molecular weight is 359 g/mol. The van der Waals surface area contributed by atoms with E-state index in [1.807, 2.05) is 10.9 Å². The van der Waals surface area contributed by atoms with E-state index in [1.165, 1.54) is 0 Å². The summed E-state index contributed by atoms with van der Waals surface area (Å²) >= 11 is 1.59. The molecule has 5 nitrogen and oxygen atoms in total. The third-order valence-corrected chi connectivity index (χ3v) is 5.91. The lowest BCUT2D eigenvalue weighted by molar-refractivity contribution is -0.140. The molecule has 2 atom stereocenters. The molecule has 0 spiro atoms. The van der Waals surface area contributed by atoms with Gasteiger partial charge in [-0.3, -0.25) is 9.69 Å². The predicted molar refractivity (Wildman–Crippen MR) is 97.2 cm³/mol. The van der Waals surface area contributed by atoms with Crippen LogP contribution in [0.4, 0.5) is 0 Å². The fourth-order valence-electron chi connectivity index (χ4n) is 4.07. The van der Waals surface area contributed by atoms with Crippen molar-refractivity contribution in [1.82, 2.24) is 14.8 Å². The highest BCUT2D eigenvalue weighted by Crippen LogP contribution is 2.31. The van der Waals surface area contributed by atoms with Gasteiger partial charge in [0.25, 0.3) is 0 Å². The van der Waals surface area contributed by atoms with Crippen molar-refractivity contribution >= 4 is 17.2 Å². The SMILES string of the molecule is CCCc1ccc(CN2C[C@H]3CC[C@@H](C2)N(Cc2cscn2)C3=O)o1. The van der Waals surface area contributed by atoms with E-state index in [0.717, 1.165) is 62.5 Å². The number of rotatable bonds is 6. The maximum Gasteiger partial charge on any atom is 0.227 e. The van der Waals surface area contributed by atoms with Gasteiger partial charge in [-0.2, -0.15) is 0 Å². The summed E-state index contributed by atoms with van der Waals surface area (Å²) in [7, 11) is 0. The lowest BCUT2D eigenvalue weighted by atomic mass is 9.94. The van der Waals surface area contributed by atoms with E-state index in [-0.39, 0.29) is 12.0 Å². The van der Waals surface area contributed by atoms with Crippen LogP contribution in [0.1, 0.15) is 43.4 Å². The predicted octanol–water partition coefficient (Wildman–Crippen LogP) is 3.31. The number of carbonyl (C=O) groups is 1. The third-order valence-electron chi connectivity index (χ3n) is 5.28. The Morgan fingerprint density at radius 3 is 2.92 bits per heavy atom. The van der Waals surface area contributed by atoms with Crippen LogP contribution in [0, 0.1) is 5.92 Å². The summed E-state index contributed by atoms with van der Waals surface area (Å²) in [5.74, 6) is 2.50. The second-order valence-electron chi connectivity index (χ2n) is 7.19. The number of nitrogens with zero attached hydrogens (tertiary/aromatic N) is 3. The minimum atomic E-state index is 0.113. The van der Waals surface area contributed by atoms with Crippen LogP contribution in [0.25, 0.3) is 0 Å². The van der Waals surface area contributed by atoms with Gasteiger partial charge in [-0.05, 0) is 31.4 Å². The average Bonchev–Trinajstić information content (AvgIpc) is 3.19. The minimum Gasteiger partial charge on any atom is -0.465 e. The number of furan rings is 1. The summed E-state index contributed by atoms with van der Waals surface area (Å²) < 4.78 is 5.95. The number of carbonyl (C=O) groups excluding carboxylic acids is 1.